The highest BCUT2D eigenvalue weighted by molar-refractivity contribution is 7.46. The lowest BCUT2D eigenvalue weighted by atomic mass is 10.3. The van der Waals surface area contributed by atoms with Gasteiger partial charge in [-0.15, -0.1) is 0 Å². The summed E-state index contributed by atoms with van der Waals surface area (Å²) in [6.07, 6.45) is 0. The van der Waals surface area contributed by atoms with Crippen LogP contribution in [0.2, 0.25) is 0 Å². The van der Waals surface area contributed by atoms with Gasteiger partial charge in [0, 0.05) is 6.92 Å². The van der Waals surface area contributed by atoms with Crippen molar-refractivity contribution in [1.29, 1.82) is 0 Å². The Morgan fingerprint density at radius 2 is 2.15 bits per heavy atom. The summed E-state index contributed by atoms with van der Waals surface area (Å²) < 4.78 is 14.3. The van der Waals surface area contributed by atoms with E-state index >= 15 is 0 Å². The summed E-state index contributed by atoms with van der Waals surface area (Å²) in [5.74, 6) is -0.409. The third-order valence-electron chi connectivity index (χ3n) is 1.07. The molecule has 0 unspecified atom stereocenters. The Hall–Kier alpha value is -0.460. The Labute approximate surface area is 75.0 Å². The molecule has 4 N–H and O–H groups in total. The van der Waals surface area contributed by atoms with Crippen LogP contribution in [0.25, 0.3) is 0 Å². The average molecular weight is 213 g/mol. The second kappa shape index (κ2) is 5.31. The van der Waals surface area contributed by atoms with Crippen molar-refractivity contribution in [3.63, 3.8) is 0 Å². The maximum absolute atomic E-state index is 10.5. The van der Waals surface area contributed by atoms with Crippen molar-refractivity contribution in [2.75, 3.05) is 13.2 Å². The minimum Gasteiger partial charge on any atom is -0.394 e. The summed E-state index contributed by atoms with van der Waals surface area (Å²) in [5.41, 5.74) is 0. The Bertz CT molecular complexity index is 213. The zero-order valence-electron chi connectivity index (χ0n) is 7.01. The third kappa shape index (κ3) is 7.89. The molecule has 0 radical (unpaired) electrons. The lowest BCUT2D eigenvalue weighted by Crippen LogP contribution is -2.39. The highest BCUT2D eigenvalue weighted by atomic mass is 31.2. The molecule has 8 heteroatoms. The largest absolute Gasteiger partial charge is 0.469 e. The van der Waals surface area contributed by atoms with E-state index in [1.54, 1.807) is 0 Å². The molecule has 0 aliphatic heterocycles. The first-order chi connectivity index (χ1) is 5.85. The highest BCUT2D eigenvalue weighted by Crippen LogP contribution is 2.35. The van der Waals surface area contributed by atoms with Crippen molar-refractivity contribution in [1.82, 2.24) is 5.32 Å². The fourth-order valence-electron chi connectivity index (χ4n) is 0.615. The van der Waals surface area contributed by atoms with E-state index in [9.17, 15) is 9.36 Å². The van der Waals surface area contributed by atoms with Gasteiger partial charge >= 0.3 is 7.82 Å². The standard InChI is InChI=1S/C5H12NO6P/c1-4(8)6-5(2-7)3-12-13(9,10)11/h5,7H,2-3H2,1H3,(H,6,8)(H2,9,10,11)/t5-/m1/s1. The van der Waals surface area contributed by atoms with Crippen LogP contribution in [0, 0.1) is 0 Å². The quantitative estimate of drug-likeness (QED) is 0.417. The van der Waals surface area contributed by atoms with Gasteiger partial charge in [-0.05, 0) is 0 Å². The summed E-state index contributed by atoms with van der Waals surface area (Å²) in [7, 11) is -4.54. The maximum atomic E-state index is 10.5. The molecule has 0 aliphatic carbocycles. The summed E-state index contributed by atoms with van der Waals surface area (Å²) in [4.78, 5) is 27.0. The predicted molar refractivity (Wildman–Crippen MR) is 42.7 cm³/mol. The topological polar surface area (TPSA) is 116 Å². The van der Waals surface area contributed by atoms with E-state index < -0.39 is 33.0 Å². The molecule has 0 saturated heterocycles. The number of aliphatic hydroxyl groups excluding tert-OH is 1. The van der Waals surface area contributed by atoms with E-state index in [2.05, 4.69) is 9.84 Å². The van der Waals surface area contributed by atoms with Gasteiger partial charge in [0.1, 0.15) is 0 Å². The molecular weight excluding hydrogens is 201 g/mol. The first kappa shape index (κ1) is 12.5. The Morgan fingerprint density at radius 1 is 1.62 bits per heavy atom. The fraction of sp³-hybridized carbons (Fsp3) is 0.800. The third-order valence-corrected chi connectivity index (χ3v) is 1.56. The van der Waals surface area contributed by atoms with Gasteiger partial charge < -0.3 is 20.2 Å². The predicted octanol–water partition coefficient (Wildman–Crippen LogP) is -1.41. The van der Waals surface area contributed by atoms with Crippen molar-refractivity contribution >= 4 is 13.7 Å². The van der Waals surface area contributed by atoms with Crippen LogP contribution in [-0.2, 0) is 13.9 Å². The SMILES string of the molecule is CC(=O)N[C@H](CO)COP(=O)(O)O. The molecule has 78 valence electrons. The van der Waals surface area contributed by atoms with Crippen LogP contribution in [-0.4, -0.2) is 40.1 Å². The molecule has 13 heavy (non-hydrogen) atoms. The Morgan fingerprint density at radius 3 is 2.46 bits per heavy atom. The second-order valence-electron chi connectivity index (χ2n) is 2.37. The van der Waals surface area contributed by atoms with Crippen molar-refractivity contribution in [3.8, 4) is 0 Å². The summed E-state index contributed by atoms with van der Waals surface area (Å²) in [6, 6.07) is -0.801. The van der Waals surface area contributed by atoms with Crippen LogP contribution in [0.1, 0.15) is 6.92 Å². The van der Waals surface area contributed by atoms with E-state index in [-0.39, 0.29) is 0 Å². The normalized spacial score (nSPS) is 13.8. The number of phosphoric ester groups is 1. The summed E-state index contributed by atoms with van der Waals surface area (Å²) in [6.45, 7) is 0.347. The molecule has 0 aromatic carbocycles. The Kier molecular flexibility index (Phi) is 5.12. The van der Waals surface area contributed by atoms with Crippen LogP contribution < -0.4 is 5.32 Å². The summed E-state index contributed by atoms with van der Waals surface area (Å²) >= 11 is 0. The second-order valence-corrected chi connectivity index (χ2v) is 3.61. The molecule has 0 heterocycles. The molecule has 0 aliphatic rings. The zero-order valence-corrected chi connectivity index (χ0v) is 7.90. The smallest absolute Gasteiger partial charge is 0.394 e. The van der Waals surface area contributed by atoms with E-state index in [1.165, 1.54) is 6.92 Å². The van der Waals surface area contributed by atoms with Crippen molar-refractivity contribution in [2.45, 2.75) is 13.0 Å². The van der Waals surface area contributed by atoms with E-state index in [1.807, 2.05) is 0 Å². The van der Waals surface area contributed by atoms with E-state index in [4.69, 9.17) is 14.9 Å². The van der Waals surface area contributed by atoms with Gasteiger partial charge in [-0.25, -0.2) is 4.57 Å². The molecule has 0 rings (SSSR count). The number of aliphatic hydroxyl groups is 1. The van der Waals surface area contributed by atoms with Crippen LogP contribution in [0.3, 0.4) is 0 Å². The number of amides is 1. The van der Waals surface area contributed by atoms with Gasteiger partial charge in [-0.1, -0.05) is 0 Å². The molecule has 0 saturated carbocycles. The number of hydrogen-bond acceptors (Lipinski definition) is 4. The number of phosphoric acid groups is 1. The monoisotopic (exact) mass is 213 g/mol. The number of carbonyl (C=O) groups is 1. The molecule has 1 atom stereocenters. The lowest BCUT2D eigenvalue weighted by molar-refractivity contribution is -0.120. The first-order valence-corrected chi connectivity index (χ1v) is 4.96. The molecule has 0 aromatic rings. The average Bonchev–Trinajstić information content (AvgIpc) is 1.95. The highest BCUT2D eigenvalue weighted by Gasteiger charge is 2.17. The lowest BCUT2D eigenvalue weighted by Gasteiger charge is -2.15. The number of carbonyl (C=O) groups excluding carboxylic acids is 1. The minimum atomic E-state index is -4.54. The molecule has 0 aromatic heterocycles. The molecule has 0 spiro atoms. The van der Waals surface area contributed by atoms with Gasteiger partial charge in [-0.2, -0.15) is 0 Å². The Balaban J connectivity index is 3.86. The van der Waals surface area contributed by atoms with Gasteiger partial charge in [0.15, 0.2) is 0 Å². The van der Waals surface area contributed by atoms with Crippen LogP contribution in [0.4, 0.5) is 0 Å². The van der Waals surface area contributed by atoms with E-state index in [0.717, 1.165) is 0 Å². The first-order valence-electron chi connectivity index (χ1n) is 3.43. The van der Waals surface area contributed by atoms with Crippen molar-refractivity contribution in [3.05, 3.63) is 0 Å². The van der Waals surface area contributed by atoms with Gasteiger partial charge in [-0.3, -0.25) is 9.32 Å². The van der Waals surface area contributed by atoms with Crippen molar-refractivity contribution < 1.29 is 28.8 Å². The number of hydrogen-bond donors (Lipinski definition) is 4. The molecule has 1 amide bonds. The van der Waals surface area contributed by atoms with Crippen molar-refractivity contribution in [2.24, 2.45) is 0 Å². The molecule has 7 nitrogen and oxygen atoms in total. The van der Waals surface area contributed by atoms with Crippen LogP contribution >= 0.6 is 7.82 Å². The molecule has 0 fully saturated rings. The van der Waals surface area contributed by atoms with E-state index in [0.29, 0.717) is 0 Å². The van der Waals surface area contributed by atoms with Gasteiger partial charge in [0.05, 0.1) is 19.3 Å². The number of nitrogens with one attached hydrogen (secondary N) is 1. The number of rotatable bonds is 5. The summed E-state index contributed by atoms with van der Waals surface area (Å²) in [5, 5.41) is 10.9. The van der Waals surface area contributed by atoms with Crippen LogP contribution in [0.15, 0.2) is 0 Å². The molecular formula is C5H12NO6P. The molecule has 0 bridgehead atoms. The fourth-order valence-corrected chi connectivity index (χ4v) is 0.989. The zero-order chi connectivity index (χ0) is 10.5. The maximum Gasteiger partial charge on any atom is 0.469 e. The van der Waals surface area contributed by atoms with Gasteiger partial charge in [0.2, 0.25) is 5.91 Å². The van der Waals surface area contributed by atoms with Gasteiger partial charge in [0.25, 0.3) is 0 Å². The van der Waals surface area contributed by atoms with Crippen LogP contribution in [0.5, 0.6) is 0 Å². The minimum absolute atomic E-state index is 0.409.